The first-order valence-electron chi connectivity index (χ1n) is 5.80. The van der Waals surface area contributed by atoms with Crippen LogP contribution in [0.2, 0.25) is 0 Å². The highest BCUT2D eigenvalue weighted by Crippen LogP contribution is 2.30. The van der Waals surface area contributed by atoms with Gasteiger partial charge in [0.05, 0.1) is 0 Å². The highest BCUT2D eigenvalue weighted by atomic mass is 14.2. The first-order chi connectivity index (χ1) is 7.42. The fourth-order valence-corrected chi connectivity index (χ4v) is 2.20. The summed E-state index contributed by atoms with van der Waals surface area (Å²) in [7, 11) is 0. The monoisotopic (exact) mass is 198 g/mol. The lowest BCUT2D eigenvalue weighted by Gasteiger charge is -2.04. The van der Waals surface area contributed by atoms with Crippen LogP contribution in [0.15, 0.2) is 43.0 Å². The second-order valence-electron chi connectivity index (χ2n) is 4.13. The molecule has 2 rings (SSSR count). The maximum absolute atomic E-state index is 3.75. The van der Waals surface area contributed by atoms with Crippen LogP contribution in [-0.4, -0.2) is 0 Å². The van der Waals surface area contributed by atoms with Crippen molar-refractivity contribution in [3.05, 3.63) is 54.1 Å². The maximum Gasteiger partial charge on any atom is -0.00854 e. The van der Waals surface area contributed by atoms with E-state index >= 15 is 0 Å². The summed E-state index contributed by atoms with van der Waals surface area (Å²) in [4.78, 5) is 0. The molecule has 0 nitrogen and oxygen atoms in total. The molecular weight excluding hydrogens is 180 g/mol. The molecule has 1 aromatic carbocycles. The normalized spacial score (nSPS) is 13.5. The lowest BCUT2D eigenvalue weighted by Crippen LogP contribution is -1.84. The summed E-state index contributed by atoms with van der Waals surface area (Å²) < 4.78 is 0. The summed E-state index contributed by atoms with van der Waals surface area (Å²) in [5, 5.41) is 0. The molecule has 0 aromatic heterocycles. The van der Waals surface area contributed by atoms with E-state index in [1.807, 2.05) is 6.08 Å². The van der Waals surface area contributed by atoms with E-state index in [9.17, 15) is 0 Å². The highest BCUT2D eigenvalue weighted by molar-refractivity contribution is 5.72. The summed E-state index contributed by atoms with van der Waals surface area (Å²) >= 11 is 0. The van der Waals surface area contributed by atoms with Crippen molar-refractivity contribution in [3.8, 4) is 0 Å². The first kappa shape index (κ1) is 10.2. The van der Waals surface area contributed by atoms with Gasteiger partial charge >= 0.3 is 0 Å². The van der Waals surface area contributed by atoms with Gasteiger partial charge < -0.3 is 0 Å². The van der Waals surface area contributed by atoms with Gasteiger partial charge in [0.25, 0.3) is 0 Å². The second-order valence-corrected chi connectivity index (χ2v) is 4.13. The largest absolute Gasteiger partial charge is 0.103 e. The van der Waals surface area contributed by atoms with Crippen LogP contribution in [0, 0.1) is 0 Å². The molecule has 15 heavy (non-hydrogen) atoms. The van der Waals surface area contributed by atoms with Gasteiger partial charge in [0.1, 0.15) is 0 Å². The third-order valence-electron chi connectivity index (χ3n) is 3.04. The summed E-state index contributed by atoms with van der Waals surface area (Å²) in [6, 6.07) is 8.76. The SMILES string of the molecule is C=CCCCCC1=CCc2ccccc21. The van der Waals surface area contributed by atoms with E-state index in [1.165, 1.54) is 30.4 Å². The molecule has 0 unspecified atom stereocenters. The Kier molecular flexibility index (Phi) is 3.39. The minimum atomic E-state index is 1.13. The van der Waals surface area contributed by atoms with Gasteiger partial charge in [0.15, 0.2) is 0 Å². The van der Waals surface area contributed by atoms with E-state index in [2.05, 4.69) is 36.9 Å². The van der Waals surface area contributed by atoms with Crippen molar-refractivity contribution in [2.45, 2.75) is 32.1 Å². The van der Waals surface area contributed by atoms with Crippen LogP contribution in [0.1, 0.15) is 36.8 Å². The van der Waals surface area contributed by atoms with Gasteiger partial charge in [-0.15, -0.1) is 6.58 Å². The molecule has 0 heterocycles. The molecule has 0 heteroatoms. The Morgan fingerprint density at radius 1 is 1.20 bits per heavy atom. The van der Waals surface area contributed by atoms with Crippen LogP contribution in [-0.2, 0) is 6.42 Å². The van der Waals surface area contributed by atoms with E-state index in [0.29, 0.717) is 0 Å². The molecule has 0 atom stereocenters. The van der Waals surface area contributed by atoms with Crippen molar-refractivity contribution in [2.75, 3.05) is 0 Å². The minimum absolute atomic E-state index is 1.13. The smallest absolute Gasteiger partial charge is 0.00854 e. The third-order valence-corrected chi connectivity index (χ3v) is 3.04. The Labute approximate surface area is 92.3 Å². The van der Waals surface area contributed by atoms with Crippen LogP contribution < -0.4 is 0 Å². The van der Waals surface area contributed by atoms with Gasteiger partial charge in [-0.1, -0.05) is 36.4 Å². The number of rotatable bonds is 5. The van der Waals surface area contributed by atoms with Gasteiger partial charge in [-0.05, 0) is 48.8 Å². The lowest BCUT2D eigenvalue weighted by molar-refractivity contribution is 0.771. The number of hydrogen-bond acceptors (Lipinski definition) is 0. The number of fused-ring (bicyclic) bond motifs is 1. The minimum Gasteiger partial charge on any atom is -0.103 e. The van der Waals surface area contributed by atoms with Crippen molar-refractivity contribution in [3.63, 3.8) is 0 Å². The molecule has 0 bridgehead atoms. The molecule has 0 fully saturated rings. The Morgan fingerprint density at radius 2 is 2.07 bits per heavy atom. The maximum atomic E-state index is 3.75. The van der Waals surface area contributed by atoms with Crippen molar-refractivity contribution in [2.24, 2.45) is 0 Å². The Hall–Kier alpha value is -1.30. The van der Waals surface area contributed by atoms with Crippen LogP contribution >= 0.6 is 0 Å². The predicted molar refractivity (Wildman–Crippen MR) is 66.8 cm³/mol. The Bertz CT molecular complexity index is 371. The molecule has 1 aliphatic rings. The third kappa shape index (κ3) is 2.38. The number of benzene rings is 1. The second kappa shape index (κ2) is 4.97. The molecule has 0 radical (unpaired) electrons. The Balaban J connectivity index is 1.92. The summed E-state index contributed by atoms with van der Waals surface area (Å²) in [6.07, 6.45) is 10.5. The molecule has 0 aliphatic heterocycles. The van der Waals surface area contributed by atoms with Crippen molar-refractivity contribution >= 4 is 5.57 Å². The zero-order chi connectivity index (χ0) is 10.5. The predicted octanol–water partition coefficient (Wildman–Crippen LogP) is 4.37. The molecule has 0 N–H and O–H groups in total. The van der Waals surface area contributed by atoms with E-state index < -0.39 is 0 Å². The standard InChI is InChI=1S/C15H18/c1-2-3-4-5-8-13-11-12-14-9-6-7-10-15(13)14/h2,6-7,9-11H,1,3-5,8,12H2. The number of allylic oxidation sites excluding steroid dienone is 3. The summed E-state index contributed by atoms with van der Waals surface area (Å²) in [5.74, 6) is 0. The quantitative estimate of drug-likeness (QED) is 0.486. The highest BCUT2D eigenvalue weighted by Gasteiger charge is 2.11. The molecular formula is C15H18. The van der Waals surface area contributed by atoms with Crippen LogP contribution in [0.5, 0.6) is 0 Å². The van der Waals surface area contributed by atoms with E-state index in [1.54, 1.807) is 5.57 Å². The fraction of sp³-hybridized carbons (Fsp3) is 0.333. The zero-order valence-corrected chi connectivity index (χ0v) is 9.21. The molecule has 0 saturated heterocycles. The zero-order valence-electron chi connectivity index (χ0n) is 9.21. The molecule has 0 amide bonds. The van der Waals surface area contributed by atoms with Crippen molar-refractivity contribution < 1.29 is 0 Å². The average Bonchev–Trinajstić information content (AvgIpc) is 2.68. The molecule has 0 saturated carbocycles. The molecule has 78 valence electrons. The topological polar surface area (TPSA) is 0 Å². The van der Waals surface area contributed by atoms with Gasteiger partial charge in [0, 0.05) is 0 Å². The molecule has 0 spiro atoms. The van der Waals surface area contributed by atoms with Crippen molar-refractivity contribution in [1.29, 1.82) is 0 Å². The lowest BCUT2D eigenvalue weighted by atomic mass is 10.0. The van der Waals surface area contributed by atoms with Gasteiger partial charge in [-0.25, -0.2) is 0 Å². The van der Waals surface area contributed by atoms with Crippen LogP contribution in [0.4, 0.5) is 0 Å². The first-order valence-corrected chi connectivity index (χ1v) is 5.80. The number of hydrogen-bond donors (Lipinski definition) is 0. The van der Waals surface area contributed by atoms with Crippen LogP contribution in [0.25, 0.3) is 5.57 Å². The fourth-order valence-electron chi connectivity index (χ4n) is 2.20. The van der Waals surface area contributed by atoms with Crippen molar-refractivity contribution in [1.82, 2.24) is 0 Å². The van der Waals surface area contributed by atoms with Gasteiger partial charge in [-0.2, -0.15) is 0 Å². The summed E-state index contributed by atoms with van der Waals surface area (Å²) in [6.45, 7) is 3.75. The Morgan fingerprint density at radius 3 is 2.93 bits per heavy atom. The summed E-state index contributed by atoms with van der Waals surface area (Å²) in [5.41, 5.74) is 4.53. The molecule has 1 aliphatic carbocycles. The number of unbranched alkanes of at least 4 members (excludes halogenated alkanes) is 2. The average molecular weight is 198 g/mol. The molecule has 1 aromatic rings. The van der Waals surface area contributed by atoms with E-state index in [4.69, 9.17) is 0 Å². The van der Waals surface area contributed by atoms with E-state index in [0.717, 1.165) is 12.8 Å². The van der Waals surface area contributed by atoms with E-state index in [-0.39, 0.29) is 0 Å². The van der Waals surface area contributed by atoms with Crippen LogP contribution in [0.3, 0.4) is 0 Å². The van der Waals surface area contributed by atoms with Gasteiger partial charge in [-0.3, -0.25) is 0 Å². The van der Waals surface area contributed by atoms with Gasteiger partial charge in [0.2, 0.25) is 0 Å².